The van der Waals surface area contributed by atoms with E-state index in [0.29, 0.717) is 27.8 Å². The lowest BCUT2D eigenvalue weighted by Gasteiger charge is -2.28. The minimum Gasteiger partial charge on any atom is -0.504 e. The van der Waals surface area contributed by atoms with Gasteiger partial charge in [0.05, 0.1) is 23.1 Å². The van der Waals surface area contributed by atoms with Crippen molar-refractivity contribution >= 4 is 40.3 Å². The number of carbonyl (C=O) groups excluding carboxylic acids is 2. The van der Waals surface area contributed by atoms with Crippen LogP contribution >= 0.6 is 22.9 Å². The molecule has 1 aliphatic heterocycles. The highest BCUT2D eigenvalue weighted by Gasteiger charge is 2.45. The van der Waals surface area contributed by atoms with Crippen LogP contribution in [0.4, 0.5) is 5.69 Å². The number of anilines is 1. The molecule has 2 aromatic carbocycles. The molecule has 1 amide bonds. The largest absolute Gasteiger partial charge is 0.504 e. The summed E-state index contributed by atoms with van der Waals surface area (Å²) in [5.74, 6) is -1.60. The number of aliphatic hydroxyl groups is 1. The van der Waals surface area contributed by atoms with Crippen LogP contribution in [0.5, 0.6) is 11.5 Å². The number of nitrogens with zero attached hydrogens (tertiary/aromatic N) is 1. The summed E-state index contributed by atoms with van der Waals surface area (Å²) in [6.45, 7) is 3.92. The standard InChI is InChI=1S/C24H20ClNO5S/c1-3-31-18-11-14(7-9-17(18)27)21-20(22(28)19-5-4-10-32-19)23(29)24(30)26(21)16-12-15(25)8-6-13(16)2/h4-12,21,27,29H,3H2,1-2H3. The smallest absolute Gasteiger partial charge is 0.294 e. The van der Waals surface area contributed by atoms with Crippen molar-refractivity contribution in [2.24, 2.45) is 0 Å². The van der Waals surface area contributed by atoms with Crippen molar-refractivity contribution in [1.29, 1.82) is 0 Å². The second kappa shape index (κ2) is 8.68. The van der Waals surface area contributed by atoms with Crippen LogP contribution in [0.15, 0.2) is 65.2 Å². The summed E-state index contributed by atoms with van der Waals surface area (Å²) < 4.78 is 5.51. The Labute approximate surface area is 193 Å². The Morgan fingerprint density at radius 3 is 2.66 bits per heavy atom. The first-order valence-corrected chi connectivity index (χ1v) is 11.2. The van der Waals surface area contributed by atoms with Gasteiger partial charge in [-0.3, -0.25) is 14.5 Å². The zero-order valence-electron chi connectivity index (χ0n) is 17.3. The van der Waals surface area contributed by atoms with E-state index in [1.807, 2.05) is 6.92 Å². The number of phenols is 1. The Bertz CT molecular complexity index is 1240. The number of benzene rings is 2. The van der Waals surface area contributed by atoms with Gasteiger partial charge in [0.2, 0.25) is 5.78 Å². The van der Waals surface area contributed by atoms with E-state index in [0.717, 1.165) is 5.56 Å². The first-order valence-electron chi connectivity index (χ1n) is 9.90. The number of phenolic OH excluding ortho intramolecular Hbond substituents is 1. The fraction of sp³-hybridized carbons (Fsp3) is 0.167. The van der Waals surface area contributed by atoms with Crippen molar-refractivity contribution in [2.75, 3.05) is 11.5 Å². The first-order chi connectivity index (χ1) is 15.3. The highest BCUT2D eigenvalue weighted by atomic mass is 35.5. The van der Waals surface area contributed by atoms with Crippen molar-refractivity contribution in [3.05, 3.63) is 86.3 Å². The van der Waals surface area contributed by atoms with Crippen LogP contribution in [0.3, 0.4) is 0 Å². The molecule has 1 atom stereocenters. The molecule has 3 aromatic rings. The summed E-state index contributed by atoms with van der Waals surface area (Å²) >= 11 is 7.43. The number of amides is 1. The summed E-state index contributed by atoms with van der Waals surface area (Å²) in [6, 6.07) is 12.1. The van der Waals surface area contributed by atoms with Gasteiger partial charge in [-0.25, -0.2) is 0 Å². The SMILES string of the molecule is CCOc1cc(C2C(C(=O)c3cccs3)=C(O)C(=O)N2c2cc(Cl)ccc2C)ccc1O. The number of aliphatic hydroxyl groups excluding tert-OH is 1. The maximum Gasteiger partial charge on any atom is 0.294 e. The second-order valence-corrected chi connectivity index (χ2v) is 8.62. The minimum atomic E-state index is -0.936. The van der Waals surface area contributed by atoms with Crippen LogP contribution in [0.25, 0.3) is 0 Å². The van der Waals surface area contributed by atoms with Gasteiger partial charge in [0, 0.05) is 10.7 Å². The Balaban J connectivity index is 1.93. The van der Waals surface area contributed by atoms with Crippen molar-refractivity contribution in [3.63, 3.8) is 0 Å². The number of halogens is 1. The molecule has 0 saturated heterocycles. The molecule has 0 fully saturated rings. The molecular weight excluding hydrogens is 450 g/mol. The third-order valence-electron chi connectivity index (χ3n) is 5.23. The molecule has 0 saturated carbocycles. The van der Waals surface area contributed by atoms with Crippen molar-refractivity contribution in [2.45, 2.75) is 19.9 Å². The zero-order valence-corrected chi connectivity index (χ0v) is 18.9. The van der Waals surface area contributed by atoms with Crippen molar-refractivity contribution < 1.29 is 24.5 Å². The molecular formula is C24H20ClNO5S. The van der Waals surface area contributed by atoms with Gasteiger partial charge < -0.3 is 14.9 Å². The van der Waals surface area contributed by atoms with E-state index in [1.165, 1.54) is 22.3 Å². The highest BCUT2D eigenvalue weighted by molar-refractivity contribution is 7.12. The van der Waals surface area contributed by atoms with E-state index in [-0.39, 0.29) is 17.1 Å². The molecule has 1 aromatic heterocycles. The molecule has 32 heavy (non-hydrogen) atoms. The fourth-order valence-electron chi connectivity index (χ4n) is 3.76. The number of aryl methyl sites for hydroxylation is 1. The summed E-state index contributed by atoms with van der Waals surface area (Å²) in [6.07, 6.45) is 0. The molecule has 1 aliphatic rings. The maximum absolute atomic E-state index is 13.4. The van der Waals surface area contributed by atoms with E-state index in [2.05, 4.69) is 0 Å². The summed E-state index contributed by atoms with van der Waals surface area (Å²) in [5, 5.41) is 23.2. The Kier molecular flexibility index (Phi) is 5.95. The Hall–Kier alpha value is -3.29. The van der Waals surface area contributed by atoms with Crippen LogP contribution in [-0.2, 0) is 4.79 Å². The van der Waals surface area contributed by atoms with Crippen LogP contribution in [-0.4, -0.2) is 28.5 Å². The lowest BCUT2D eigenvalue weighted by molar-refractivity contribution is -0.117. The Morgan fingerprint density at radius 1 is 1.19 bits per heavy atom. The number of carbonyl (C=O) groups is 2. The number of ketones is 1. The predicted octanol–water partition coefficient (Wildman–Crippen LogP) is 5.60. The summed E-state index contributed by atoms with van der Waals surface area (Å²) in [4.78, 5) is 28.4. The molecule has 2 N–H and O–H groups in total. The average molecular weight is 470 g/mol. The van der Waals surface area contributed by atoms with Crippen LogP contribution in [0.1, 0.15) is 33.8 Å². The molecule has 4 rings (SSSR count). The van der Waals surface area contributed by atoms with E-state index >= 15 is 0 Å². The fourth-order valence-corrected chi connectivity index (χ4v) is 4.60. The number of Topliss-reactive ketones (excluding diaryl/α,β-unsaturated/α-hetero) is 1. The van der Waals surface area contributed by atoms with Gasteiger partial charge in [0.15, 0.2) is 17.3 Å². The number of aromatic hydroxyl groups is 1. The number of hydrogen-bond donors (Lipinski definition) is 2. The van der Waals surface area contributed by atoms with Gasteiger partial charge in [0.25, 0.3) is 5.91 Å². The van der Waals surface area contributed by atoms with Crippen LogP contribution in [0.2, 0.25) is 5.02 Å². The van der Waals surface area contributed by atoms with E-state index in [1.54, 1.807) is 54.8 Å². The van der Waals surface area contributed by atoms with E-state index in [9.17, 15) is 19.8 Å². The number of ether oxygens (including phenoxy) is 1. The molecule has 1 unspecified atom stereocenters. The monoisotopic (exact) mass is 469 g/mol. The summed E-state index contributed by atoms with van der Waals surface area (Å²) in [5.41, 5.74) is 1.68. The highest BCUT2D eigenvalue weighted by Crippen LogP contribution is 2.45. The van der Waals surface area contributed by atoms with Gasteiger partial charge in [-0.2, -0.15) is 0 Å². The van der Waals surface area contributed by atoms with Crippen LogP contribution < -0.4 is 9.64 Å². The zero-order chi connectivity index (χ0) is 23.0. The normalized spacial score (nSPS) is 16.0. The van der Waals surface area contributed by atoms with Gasteiger partial charge >= 0.3 is 0 Å². The van der Waals surface area contributed by atoms with Gasteiger partial charge in [-0.05, 0) is 60.7 Å². The van der Waals surface area contributed by atoms with Crippen molar-refractivity contribution in [1.82, 2.24) is 0 Å². The van der Waals surface area contributed by atoms with Crippen LogP contribution in [0, 0.1) is 6.92 Å². The molecule has 0 spiro atoms. The number of hydrogen-bond acceptors (Lipinski definition) is 6. The molecule has 0 radical (unpaired) electrons. The molecule has 6 nitrogen and oxygen atoms in total. The van der Waals surface area contributed by atoms with Crippen molar-refractivity contribution in [3.8, 4) is 11.5 Å². The molecule has 8 heteroatoms. The topological polar surface area (TPSA) is 87.1 Å². The van der Waals surface area contributed by atoms with Gasteiger partial charge in [-0.15, -0.1) is 11.3 Å². The first kappa shape index (κ1) is 21.9. The molecule has 0 bridgehead atoms. The summed E-state index contributed by atoms with van der Waals surface area (Å²) in [7, 11) is 0. The number of rotatable bonds is 6. The van der Waals surface area contributed by atoms with Gasteiger partial charge in [0.1, 0.15) is 0 Å². The third kappa shape index (κ3) is 3.74. The quantitative estimate of drug-likeness (QED) is 0.459. The van der Waals surface area contributed by atoms with E-state index < -0.39 is 23.5 Å². The molecule has 164 valence electrons. The second-order valence-electron chi connectivity index (χ2n) is 7.24. The lowest BCUT2D eigenvalue weighted by atomic mass is 9.94. The lowest BCUT2D eigenvalue weighted by Crippen LogP contribution is -2.31. The van der Waals surface area contributed by atoms with E-state index in [4.69, 9.17) is 16.3 Å². The average Bonchev–Trinajstić information content (AvgIpc) is 3.39. The maximum atomic E-state index is 13.4. The van der Waals surface area contributed by atoms with Gasteiger partial charge in [-0.1, -0.05) is 29.8 Å². The predicted molar refractivity (Wildman–Crippen MR) is 124 cm³/mol. The Morgan fingerprint density at radius 2 is 1.97 bits per heavy atom. The molecule has 0 aliphatic carbocycles. The minimum absolute atomic E-state index is 0.0371. The number of thiophene rings is 1. The molecule has 2 heterocycles. The third-order valence-corrected chi connectivity index (χ3v) is 6.33.